The number of carbonyl (C=O) groups is 1. The highest BCUT2D eigenvalue weighted by Gasteiger charge is 2.38. The van der Waals surface area contributed by atoms with Gasteiger partial charge in [-0.05, 0) is 72.3 Å². The molecule has 1 fully saturated rings. The zero-order valence-corrected chi connectivity index (χ0v) is 22.5. The molecule has 1 saturated heterocycles. The third kappa shape index (κ3) is 5.14. The Hall–Kier alpha value is -4.13. The number of phenolic OH excluding ortho intramolecular Hbond substituents is 1. The first-order chi connectivity index (χ1) is 18.5. The first kappa shape index (κ1) is 25.5. The van der Waals surface area contributed by atoms with E-state index in [1.54, 1.807) is 29.2 Å². The molecular weight excluding hydrogens is 514 g/mol. The summed E-state index contributed by atoms with van der Waals surface area (Å²) in [5.74, 6) is 0.0892. The van der Waals surface area contributed by atoms with E-state index in [-0.39, 0.29) is 11.7 Å². The summed E-state index contributed by atoms with van der Waals surface area (Å²) in [7, 11) is 1.94. The van der Waals surface area contributed by atoms with Crippen LogP contribution in [0.25, 0.3) is 5.70 Å². The minimum Gasteiger partial charge on any atom is -0.508 e. The second-order valence-corrected chi connectivity index (χ2v) is 10.4. The molecule has 0 unspecified atom stereocenters. The van der Waals surface area contributed by atoms with Crippen LogP contribution in [-0.2, 0) is 11.3 Å². The summed E-state index contributed by atoms with van der Waals surface area (Å²) in [6.45, 7) is 3.08. The largest absolute Gasteiger partial charge is 0.508 e. The first-order valence-electron chi connectivity index (χ1n) is 12.0. The van der Waals surface area contributed by atoms with E-state index in [9.17, 15) is 15.2 Å². The Kier molecular flexibility index (Phi) is 7.45. The molecule has 0 bridgehead atoms. The van der Waals surface area contributed by atoms with Crippen molar-refractivity contribution in [3.8, 4) is 11.8 Å². The summed E-state index contributed by atoms with van der Waals surface area (Å²) in [5, 5.41) is 25.8. The van der Waals surface area contributed by atoms with E-state index in [2.05, 4.69) is 11.4 Å². The highest BCUT2D eigenvalue weighted by atomic mass is 32.2. The molecule has 0 aromatic heterocycles. The molecule has 3 aromatic rings. The zero-order valence-electron chi connectivity index (χ0n) is 20.9. The van der Waals surface area contributed by atoms with Gasteiger partial charge in [-0.2, -0.15) is 5.26 Å². The summed E-state index contributed by atoms with van der Waals surface area (Å²) < 4.78 is 0. The Morgan fingerprint density at radius 2 is 1.84 bits per heavy atom. The summed E-state index contributed by atoms with van der Waals surface area (Å²) in [6.07, 6.45) is 0. The van der Waals surface area contributed by atoms with Crippen molar-refractivity contribution in [1.29, 1.82) is 5.26 Å². The fraction of sp³-hybridized carbons (Fsp3) is 0.138. The van der Waals surface area contributed by atoms with Crippen LogP contribution < -0.4 is 5.32 Å². The van der Waals surface area contributed by atoms with Crippen molar-refractivity contribution in [2.45, 2.75) is 13.5 Å². The fourth-order valence-corrected chi connectivity index (χ4v) is 6.38. The van der Waals surface area contributed by atoms with E-state index in [0.717, 1.165) is 27.5 Å². The summed E-state index contributed by atoms with van der Waals surface area (Å²) in [4.78, 5) is 23.1. The van der Waals surface area contributed by atoms with Crippen LogP contribution in [0.3, 0.4) is 0 Å². The minimum atomic E-state index is -0.117. The number of hydrogen-bond acceptors (Lipinski definition) is 8. The van der Waals surface area contributed by atoms with Gasteiger partial charge >= 0.3 is 0 Å². The lowest BCUT2D eigenvalue weighted by molar-refractivity contribution is -0.122. The molecule has 7 nitrogen and oxygen atoms in total. The molecule has 0 radical (unpaired) electrons. The number of anilines is 1. The lowest BCUT2D eigenvalue weighted by Gasteiger charge is -2.19. The van der Waals surface area contributed by atoms with Crippen LogP contribution in [0.1, 0.15) is 23.6 Å². The molecule has 2 N–H and O–H groups in total. The Morgan fingerprint density at radius 1 is 1.08 bits per heavy atom. The number of nitriles is 1. The van der Waals surface area contributed by atoms with Gasteiger partial charge in [-0.25, -0.2) is 4.99 Å². The molecule has 2 heterocycles. The maximum atomic E-state index is 13.9. The highest BCUT2D eigenvalue weighted by Crippen LogP contribution is 2.46. The molecule has 38 heavy (non-hydrogen) atoms. The molecule has 2 aliphatic rings. The number of benzene rings is 3. The highest BCUT2D eigenvalue weighted by molar-refractivity contribution is 8.19. The van der Waals surface area contributed by atoms with E-state index in [4.69, 9.17) is 4.99 Å². The van der Waals surface area contributed by atoms with E-state index in [1.165, 1.54) is 23.5 Å². The Balaban J connectivity index is 1.55. The number of aromatic hydroxyl groups is 1. The van der Waals surface area contributed by atoms with Crippen molar-refractivity contribution in [3.05, 3.63) is 105 Å². The van der Waals surface area contributed by atoms with Crippen LogP contribution in [-0.4, -0.2) is 39.6 Å². The number of thioether (sulfide) groups is 2. The molecule has 5 rings (SSSR count). The Bertz CT molecular complexity index is 1510. The quantitative estimate of drug-likeness (QED) is 0.355. The zero-order chi connectivity index (χ0) is 26.6. The summed E-state index contributed by atoms with van der Waals surface area (Å²) >= 11 is 2.84. The number of hydrogen-bond donors (Lipinski definition) is 2. The lowest BCUT2D eigenvalue weighted by Crippen LogP contribution is -2.29. The number of nitrogens with one attached hydrogen (secondary N) is 1. The van der Waals surface area contributed by atoms with E-state index >= 15 is 0 Å². The standard InChI is InChI=1S/C29H25N5O2S2/c1-3-31-23-14-9-20(16-30)15-24(23)32-29-34(17-19-7-5-4-6-8-19)27(36)26(38-29)28-33(2)25(18-37-28)21-10-12-22(35)13-11-21/h4-15,18,31,35H,3,17H2,1-2H3. The van der Waals surface area contributed by atoms with Crippen molar-refractivity contribution in [2.24, 2.45) is 4.99 Å². The van der Waals surface area contributed by atoms with Gasteiger partial charge in [-0.15, -0.1) is 0 Å². The van der Waals surface area contributed by atoms with Crippen LogP contribution >= 0.6 is 23.5 Å². The van der Waals surface area contributed by atoms with Crippen molar-refractivity contribution >= 4 is 51.7 Å². The molecular formula is C29H25N5O2S2. The van der Waals surface area contributed by atoms with Crippen LogP contribution in [0.4, 0.5) is 11.4 Å². The molecule has 0 spiro atoms. The minimum absolute atomic E-state index is 0.117. The van der Waals surface area contributed by atoms with Gasteiger partial charge in [-0.3, -0.25) is 9.69 Å². The molecule has 2 aliphatic heterocycles. The monoisotopic (exact) mass is 539 g/mol. The van der Waals surface area contributed by atoms with Gasteiger partial charge in [0.05, 0.1) is 40.3 Å². The van der Waals surface area contributed by atoms with Gasteiger partial charge < -0.3 is 15.3 Å². The normalized spacial score (nSPS) is 18.2. The lowest BCUT2D eigenvalue weighted by atomic mass is 10.1. The Labute approximate surface area is 230 Å². The number of amidine groups is 1. The second kappa shape index (κ2) is 11.1. The fourth-order valence-electron chi connectivity index (χ4n) is 4.14. The van der Waals surface area contributed by atoms with Gasteiger partial charge in [0, 0.05) is 19.0 Å². The molecule has 190 valence electrons. The Morgan fingerprint density at radius 3 is 2.55 bits per heavy atom. The average Bonchev–Trinajstić information content (AvgIpc) is 3.45. The first-order valence-corrected chi connectivity index (χ1v) is 13.7. The number of amides is 1. The van der Waals surface area contributed by atoms with Crippen LogP contribution in [0.15, 0.2) is 93.1 Å². The maximum Gasteiger partial charge on any atom is 0.269 e. The van der Waals surface area contributed by atoms with Gasteiger partial charge in [0.25, 0.3) is 5.91 Å². The van der Waals surface area contributed by atoms with Crippen molar-refractivity contribution in [3.63, 3.8) is 0 Å². The van der Waals surface area contributed by atoms with Crippen molar-refractivity contribution in [1.82, 2.24) is 9.80 Å². The molecule has 3 aromatic carbocycles. The smallest absolute Gasteiger partial charge is 0.269 e. The molecule has 0 atom stereocenters. The van der Waals surface area contributed by atoms with Crippen molar-refractivity contribution in [2.75, 3.05) is 18.9 Å². The van der Waals surface area contributed by atoms with Crippen molar-refractivity contribution < 1.29 is 9.90 Å². The SMILES string of the molecule is CCNc1ccc(C#N)cc1N=C1SC(=C2SC=C(c3ccc(O)cc3)N2C)C(=O)N1Cc1ccccc1. The van der Waals surface area contributed by atoms with E-state index in [0.29, 0.717) is 34.4 Å². The third-order valence-electron chi connectivity index (χ3n) is 6.06. The van der Waals surface area contributed by atoms with E-state index in [1.807, 2.05) is 72.8 Å². The molecule has 1 amide bonds. The number of nitrogens with zero attached hydrogens (tertiary/aromatic N) is 4. The average molecular weight is 540 g/mol. The third-order valence-corrected chi connectivity index (χ3v) is 8.30. The van der Waals surface area contributed by atoms with Gasteiger partial charge in [0.2, 0.25) is 0 Å². The molecule has 0 saturated carbocycles. The van der Waals surface area contributed by atoms with E-state index < -0.39 is 0 Å². The van der Waals surface area contributed by atoms with Crippen LogP contribution in [0.5, 0.6) is 5.75 Å². The van der Waals surface area contributed by atoms with Crippen LogP contribution in [0.2, 0.25) is 0 Å². The predicted molar refractivity (Wildman–Crippen MR) is 155 cm³/mol. The predicted octanol–water partition coefficient (Wildman–Crippen LogP) is 6.31. The summed E-state index contributed by atoms with van der Waals surface area (Å²) in [6, 6.07) is 24.4. The second-order valence-electron chi connectivity index (χ2n) is 8.61. The number of aliphatic imine (C=N–C) groups is 1. The van der Waals surface area contributed by atoms with Gasteiger partial charge in [0.15, 0.2) is 5.17 Å². The molecule has 0 aliphatic carbocycles. The maximum absolute atomic E-state index is 13.9. The number of carbonyl (C=O) groups excluding carboxylic acids is 1. The van der Waals surface area contributed by atoms with Gasteiger partial charge in [0.1, 0.15) is 10.7 Å². The van der Waals surface area contributed by atoms with Gasteiger partial charge in [-0.1, -0.05) is 42.1 Å². The summed E-state index contributed by atoms with van der Waals surface area (Å²) in [5.41, 5.74) is 4.80. The number of rotatable bonds is 6. The van der Waals surface area contributed by atoms with Crippen LogP contribution in [0, 0.1) is 11.3 Å². The topological polar surface area (TPSA) is 92.0 Å². The number of phenols is 1. The molecule has 9 heteroatoms.